The fourth-order valence-electron chi connectivity index (χ4n) is 4.38. The molecule has 1 aliphatic rings. The number of aromatic nitrogens is 2. The Morgan fingerprint density at radius 2 is 1.82 bits per heavy atom. The van der Waals surface area contributed by atoms with Gasteiger partial charge in [-0.2, -0.15) is 0 Å². The fraction of sp³-hybridized carbons (Fsp3) is 0.818. The molecule has 0 aromatic carbocycles. The maximum Gasteiger partial charge on any atom is 0.469 e. The van der Waals surface area contributed by atoms with Gasteiger partial charge in [0.05, 0.1) is 12.2 Å². The van der Waals surface area contributed by atoms with Crippen molar-refractivity contribution in [2.45, 2.75) is 109 Å². The zero-order valence-electron chi connectivity index (χ0n) is 20.4. The van der Waals surface area contributed by atoms with Gasteiger partial charge in [-0.05, 0) is 19.8 Å². The maximum atomic E-state index is 12.4. The lowest BCUT2D eigenvalue weighted by molar-refractivity contribution is -0.113. The van der Waals surface area contributed by atoms with E-state index in [4.69, 9.17) is 18.7 Å². The number of nitrogens with one attached hydrogen (secondary N) is 1. The number of rotatable bonds is 15. The largest absolute Gasteiger partial charge is 0.469 e. The van der Waals surface area contributed by atoms with Crippen LogP contribution in [0.4, 0.5) is 0 Å². The summed E-state index contributed by atoms with van der Waals surface area (Å²) in [7, 11) is -3.36. The molecule has 6 atom stereocenters. The summed E-state index contributed by atoms with van der Waals surface area (Å²) in [5.41, 5.74) is -1.25. The average molecular weight is 507 g/mol. The van der Waals surface area contributed by atoms with Crippen molar-refractivity contribution in [1.82, 2.24) is 9.55 Å². The zero-order valence-corrected chi connectivity index (χ0v) is 21.3. The van der Waals surface area contributed by atoms with Crippen LogP contribution in [0.5, 0.6) is 0 Å². The summed E-state index contributed by atoms with van der Waals surface area (Å²) in [4.78, 5) is 44.8. The SMILES string of the molecule is CCCCCCCC(CCC)OC1C(C(C)OP(=O)(O)O)OC(n2ccc(=O)[nH]c2=O)C1OC. The average Bonchev–Trinajstić information content (AvgIpc) is 3.10. The van der Waals surface area contributed by atoms with E-state index in [1.165, 1.54) is 37.3 Å². The molecule has 1 aromatic rings. The molecule has 6 unspecified atom stereocenters. The summed E-state index contributed by atoms with van der Waals surface area (Å²) in [6, 6.07) is 1.19. The zero-order chi connectivity index (χ0) is 25.3. The van der Waals surface area contributed by atoms with E-state index in [1.54, 1.807) is 0 Å². The molecule has 2 rings (SSSR count). The van der Waals surface area contributed by atoms with Crippen molar-refractivity contribution >= 4 is 7.82 Å². The summed E-state index contributed by atoms with van der Waals surface area (Å²) in [5, 5.41) is 0. The molecule has 0 amide bonds. The van der Waals surface area contributed by atoms with Crippen molar-refractivity contribution in [1.29, 1.82) is 0 Å². The van der Waals surface area contributed by atoms with Gasteiger partial charge in [0.25, 0.3) is 5.56 Å². The highest BCUT2D eigenvalue weighted by Gasteiger charge is 2.51. The third-order valence-electron chi connectivity index (χ3n) is 5.98. The lowest BCUT2D eigenvalue weighted by Gasteiger charge is -2.30. The fourth-order valence-corrected chi connectivity index (χ4v) is 4.93. The van der Waals surface area contributed by atoms with Crippen LogP contribution in [-0.4, -0.2) is 57.0 Å². The van der Waals surface area contributed by atoms with Crippen molar-refractivity contribution in [2.75, 3.05) is 7.11 Å². The second kappa shape index (κ2) is 13.7. The molecule has 1 saturated heterocycles. The third kappa shape index (κ3) is 8.41. The molecule has 1 aromatic heterocycles. The number of aromatic amines is 1. The van der Waals surface area contributed by atoms with E-state index in [9.17, 15) is 23.9 Å². The smallest absolute Gasteiger partial charge is 0.374 e. The minimum absolute atomic E-state index is 0.117. The van der Waals surface area contributed by atoms with Crippen LogP contribution in [0, 0.1) is 0 Å². The van der Waals surface area contributed by atoms with E-state index in [0.717, 1.165) is 44.9 Å². The molecule has 1 fully saturated rings. The van der Waals surface area contributed by atoms with Gasteiger partial charge in [0, 0.05) is 19.4 Å². The van der Waals surface area contributed by atoms with Crippen molar-refractivity contribution in [3.05, 3.63) is 33.1 Å². The maximum absolute atomic E-state index is 12.4. The summed E-state index contributed by atoms with van der Waals surface area (Å²) < 4.78 is 35.8. The molecule has 0 spiro atoms. The normalized spacial score (nSPS) is 24.9. The van der Waals surface area contributed by atoms with E-state index in [1.807, 2.05) is 0 Å². The van der Waals surface area contributed by atoms with Gasteiger partial charge in [-0.3, -0.25) is 18.9 Å². The van der Waals surface area contributed by atoms with Crippen molar-refractivity contribution in [3.63, 3.8) is 0 Å². The number of hydrogen-bond acceptors (Lipinski definition) is 7. The molecule has 1 aliphatic heterocycles. The van der Waals surface area contributed by atoms with Crippen LogP contribution < -0.4 is 11.2 Å². The van der Waals surface area contributed by atoms with Crippen LogP contribution in [0.25, 0.3) is 0 Å². The van der Waals surface area contributed by atoms with Gasteiger partial charge >= 0.3 is 13.5 Å². The molecular weight excluding hydrogens is 467 g/mol. The van der Waals surface area contributed by atoms with Gasteiger partial charge in [-0.1, -0.05) is 52.4 Å². The Morgan fingerprint density at radius 3 is 2.41 bits per heavy atom. The Bertz CT molecular complexity index is 899. The monoisotopic (exact) mass is 506 g/mol. The summed E-state index contributed by atoms with van der Waals surface area (Å²) in [6.45, 7) is 5.70. The number of phosphoric ester groups is 1. The molecule has 11 nitrogen and oxygen atoms in total. The van der Waals surface area contributed by atoms with Gasteiger partial charge in [-0.25, -0.2) is 9.36 Å². The van der Waals surface area contributed by atoms with Crippen LogP contribution in [0.1, 0.15) is 78.4 Å². The lowest BCUT2D eigenvalue weighted by Crippen LogP contribution is -2.44. The van der Waals surface area contributed by atoms with Crippen molar-refractivity contribution < 1.29 is 33.1 Å². The quantitative estimate of drug-likeness (QED) is 0.241. The van der Waals surface area contributed by atoms with Crippen LogP contribution in [-0.2, 0) is 23.3 Å². The van der Waals surface area contributed by atoms with Gasteiger partial charge in [0.2, 0.25) is 0 Å². The summed E-state index contributed by atoms with van der Waals surface area (Å²) in [5.74, 6) is 0. The van der Waals surface area contributed by atoms with Gasteiger partial charge in [0.1, 0.15) is 18.3 Å². The van der Waals surface area contributed by atoms with Crippen molar-refractivity contribution in [2.24, 2.45) is 0 Å². The molecule has 3 N–H and O–H groups in total. The number of ether oxygens (including phenoxy) is 3. The number of H-pyrrole nitrogens is 1. The Balaban J connectivity index is 2.30. The number of unbranched alkanes of at least 4 members (excludes halogenated alkanes) is 4. The molecule has 2 heterocycles. The highest BCUT2D eigenvalue weighted by atomic mass is 31.2. The van der Waals surface area contributed by atoms with E-state index < -0.39 is 49.7 Å². The number of nitrogens with zero attached hydrogens (tertiary/aromatic N) is 1. The molecule has 196 valence electrons. The van der Waals surface area contributed by atoms with Gasteiger partial charge in [-0.15, -0.1) is 0 Å². The molecule has 0 saturated carbocycles. The van der Waals surface area contributed by atoms with Crippen LogP contribution in [0.2, 0.25) is 0 Å². The Hall–Kier alpha value is -1.33. The highest BCUT2D eigenvalue weighted by Crippen LogP contribution is 2.43. The minimum Gasteiger partial charge on any atom is -0.374 e. The van der Waals surface area contributed by atoms with E-state index in [0.29, 0.717) is 0 Å². The van der Waals surface area contributed by atoms with Gasteiger partial charge < -0.3 is 24.0 Å². The second-order valence-corrected chi connectivity index (χ2v) is 9.92. The van der Waals surface area contributed by atoms with E-state index in [-0.39, 0.29) is 6.10 Å². The first-order chi connectivity index (χ1) is 16.1. The molecule has 0 aliphatic carbocycles. The minimum atomic E-state index is -4.80. The molecule has 0 radical (unpaired) electrons. The molecular formula is C22H39N2O9P. The Kier molecular flexibility index (Phi) is 11.6. The van der Waals surface area contributed by atoms with Crippen molar-refractivity contribution in [3.8, 4) is 0 Å². The predicted molar refractivity (Wildman–Crippen MR) is 126 cm³/mol. The standard InChI is InChI=1S/C22H39N2O9P/c1-5-7-8-9-10-12-16(11-6-2)31-19-18(15(3)33-34(27,28)29)32-21(20(19)30-4)24-14-13-17(25)23-22(24)26/h13-16,18-21H,5-12H2,1-4H3,(H,23,25,26)(H2,27,28,29). The van der Waals surface area contributed by atoms with E-state index >= 15 is 0 Å². The number of methoxy groups -OCH3 is 1. The van der Waals surface area contributed by atoms with Gasteiger partial charge in [0.15, 0.2) is 6.23 Å². The number of phosphoric acid groups is 1. The number of hydrogen-bond donors (Lipinski definition) is 3. The summed E-state index contributed by atoms with van der Waals surface area (Å²) >= 11 is 0. The Labute approximate surface area is 200 Å². The van der Waals surface area contributed by atoms with Crippen LogP contribution >= 0.6 is 7.82 Å². The van der Waals surface area contributed by atoms with E-state index in [2.05, 4.69) is 18.8 Å². The molecule has 0 bridgehead atoms. The predicted octanol–water partition coefficient (Wildman–Crippen LogP) is 2.86. The third-order valence-corrected chi connectivity index (χ3v) is 6.59. The van der Waals surface area contributed by atoms with Crippen LogP contribution in [0.15, 0.2) is 21.9 Å². The van der Waals surface area contributed by atoms with Crippen LogP contribution in [0.3, 0.4) is 0 Å². The first kappa shape index (κ1) is 28.9. The first-order valence-electron chi connectivity index (χ1n) is 12.0. The summed E-state index contributed by atoms with van der Waals surface area (Å²) in [6.07, 6.45) is 4.79. The molecule has 34 heavy (non-hydrogen) atoms. The molecule has 12 heteroatoms. The Morgan fingerprint density at radius 1 is 1.12 bits per heavy atom. The second-order valence-electron chi connectivity index (χ2n) is 8.72. The first-order valence-corrected chi connectivity index (χ1v) is 13.5. The lowest BCUT2D eigenvalue weighted by atomic mass is 10.0. The topological polar surface area (TPSA) is 149 Å². The highest BCUT2D eigenvalue weighted by molar-refractivity contribution is 7.46.